The summed E-state index contributed by atoms with van der Waals surface area (Å²) in [5.41, 5.74) is 2.54. The Labute approximate surface area is 189 Å². The number of ether oxygens (including phenoxy) is 2. The lowest BCUT2D eigenvalue weighted by Gasteiger charge is -2.20. The molecule has 2 atom stereocenters. The molecule has 0 amide bonds. The Kier molecular flexibility index (Phi) is 6.40. The van der Waals surface area contributed by atoms with E-state index < -0.39 is 0 Å². The van der Waals surface area contributed by atoms with E-state index in [1.165, 1.54) is 23.3 Å². The molecular weight excluding hydrogens is 401 g/mol. The highest BCUT2D eigenvalue weighted by atomic mass is 19.1. The van der Waals surface area contributed by atoms with Crippen LogP contribution in [0.15, 0.2) is 78.9 Å². The van der Waals surface area contributed by atoms with Crippen molar-refractivity contribution in [2.75, 3.05) is 19.6 Å². The molecule has 3 aromatic carbocycles. The van der Waals surface area contributed by atoms with Gasteiger partial charge in [-0.25, -0.2) is 4.39 Å². The van der Waals surface area contributed by atoms with E-state index >= 15 is 0 Å². The third-order valence-electron chi connectivity index (χ3n) is 6.79. The molecule has 166 valence electrons. The molecule has 1 heterocycles. The molecule has 0 aromatic heterocycles. The fourth-order valence-corrected chi connectivity index (χ4v) is 5.11. The molecule has 32 heavy (non-hydrogen) atoms. The highest BCUT2D eigenvalue weighted by molar-refractivity contribution is 5.28. The molecule has 3 aromatic rings. The second-order valence-corrected chi connectivity index (χ2v) is 9.11. The molecule has 0 N–H and O–H groups in total. The molecule has 2 aliphatic rings. The third-order valence-corrected chi connectivity index (χ3v) is 6.79. The van der Waals surface area contributed by atoms with Gasteiger partial charge in [-0.15, -0.1) is 0 Å². The van der Waals surface area contributed by atoms with Gasteiger partial charge in [-0.3, -0.25) is 0 Å². The van der Waals surface area contributed by atoms with E-state index in [-0.39, 0.29) is 11.9 Å². The van der Waals surface area contributed by atoms with E-state index in [9.17, 15) is 4.39 Å². The first-order valence-electron chi connectivity index (χ1n) is 11.6. The molecular formula is C28H30FNO2. The summed E-state index contributed by atoms with van der Waals surface area (Å²) in [4.78, 5) is 2.60. The van der Waals surface area contributed by atoms with Gasteiger partial charge in [0, 0.05) is 19.6 Å². The zero-order valence-electron chi connectivity index (χ0n) is 18.3. The van der Waals surface area contributed by atoms with E-state index in [1.54, 1.807) is 12.1 Å². The zero-order chi connectivity index (χ0) is 21.8. The topological polar surface area (TPSA) is 21.7 Å². The number of halogens is 1. The number of rotatable bonds is 8. The van der Waals surface area contributed by atoms with Crippen LogP contribution >= 0.6 is 0 Å². The zero-order valence-corrected chi connectivity index (χ0v) is 18.3. The summed E-state index contributed by atoms with van der Waals surface area (Å²) in [5, 5.41) is 0. The number of likely N-dealkylation sites (tertiary alicyclic amines) is 1. The Morgan fingerprint density at radius 2 is 1.41 bits per heavy atom. The van der Waals surface area contributed by atoms with Crippen molar-refractivity contribution in [3.05, 3.63) is 95.8 Å². The van der Waals surface area contributed by atoms with Crippen molar-refractivity contribution in [2.24, 2.45) is 11.8 Å². The average molecular weight is 432 g/mol. The van der Waals surface area contributed by atoms with Gasteiger partial charge in [0.2, 0.25) is 0 Å². The van der Waals surface area contributed by atoms with Crippen molar-refractivity contribution in [3.63, 3.8) is 0 Å². The highest BCUT2D eigenvalue weighted by Gasteiger charge is 2.41. The lowest BCUT2D eigenvalue weighted by molar-refractivity contribution is 0.186. The summed E-state index contributed by atoms with van der Waals surface area (Å²) in [5.74, 6) is 2.92. The van der Waals surface area contributed by atoms with Gasteiger partial charge in [-0.1, -0.05) is 42.5 Å². The number of nitrogens with zero attached hydrogens (tertiary/aromatic N) is 1. The SMILES string of the molecule is Fc1ccc(OC2CC3CN(CCc4ccc(OCc5ccccc5)cc4)CC3C2)cc1. The maximum absolute atomic E-state index is 13.1. The second kappa shape index (κ2) is 9.74. The lowest BCUT2D eigenvalue weighted by atomic mass is 10.0. The second-order valence-electron chi connectivity index (χ2n) is 9.11. The van der Waals surface area contributed by atoms with E-state index in [0.717, 1.165) is 50.4 Å². The van der Waals surface area contributed by atoms with Crippen molar-refractivity contribution < 1.29 is 13.9 Å². The average Bonchev–Trinajstić information content (AvgIpc) is 3.37. The van der Waals surface area contributed by atoms with Crippen LogP contribution in [-0.4, -0.2) is 30.6 Å². The quantitative estimate of drug-likeness (QED) is 0.454. The van der Waals surface area contributed by atoms with Crippen LogP contribution in [0.25, 0.3) is 0 Å². The summed E-state index contributed by atoms with van der Waals surface area (Å²) in [6.07, 6.45) is 3.53. The molecule has 2 fully saturated rings. The summed E-state index contributed by atoms with van der Waals surface area (Å²) in [7, 11) is 0. The van der Waals surface area contributed by atoms with Gasteiger partial charge in [0.05, 0.1) is 6.10 Å². The fourth-order valence-electron chi connectivity index (χ4n) is 5.11. The summed E-state index contributed by atoms with van der Waals surface area (Å²) < 4.78 is 25.1. The Hall–Kier alpha value is -2.85. The van der Waals surface area contributed by atoms with E-state index in [4.69, 9.17) is 9.47 Å². The van der Waals surface area contributed by atoms with Gasteiger partial charge in [0.15, 0.2) is 0 Å². The molecule has 3 nitrogen and oxygen atoms in total. The highest BCUT2D eigenvalue weighted by Crippen LogP contribution is 2.39. The minimum Gasteiger partial charge on any atom is -0.490 e. The molecule has 1 aliphatic heterocycles. The standard InChI is InChI=1S/C28H30FNO2/c29-25-8-12-27(13-9-25)32-28-16-23-18-30(19-24(23)17-28)15-14-21-6-10-26(11-7-21)31-20-22-4-2-1-3-5-22/h1-13,23-24,28H,14-20H2. The van der Waals surface area contributed by atoms with E-state index in [2.05, 4.69) is 41.3 Å². The lowest BCUT2D eigenvalue weighted by Crippen LogP contribution is -2.26. The Morgan fingerprint density at radius 3 is 2.09 bits per heavy atom. The first-order chi connectivity index (χ1) is 15.7. The molecule has 0 spiro atoms. The summed E-state index contributed by atoms with van der Waals surface area (Å²) in [6.45, 7) is 4.02. The minimum absolute atomic E-state index is 0.217. The Morgan fingerprint density at radius 1 is 0.750 bits per heavy atom. The first kappa shape index (κ1) is 21.0. The fraction of sp³-hybridized carbons (Fsp3) is 0.357. The van der Waals surface area contributed by atoms with Crippen LogP contribution in [-0.2, 0) is 13.0 Å². The van der Waals surface area contributed by atoms with Crippen LogP contribution in [0.3, 0.4) is 0 Å². The van der Waals surface area contributed by atoms with Crippen LogP contribution in [0.1, 0.15) is 24.0 Å². The van der Waals surface area contributed by atoms with Crippen LogP contribution in [0, 0.1) is 17.7 Å². The van der Waals surface area contributed by atoms with Gasteiger partial charge < -0.3 is 14.4 Å². The van der Waals surface area contributed by atoms with Crippen molar-refractivity contribution in [3.8, 4) is 11.5 Å². The maximum atomic E-state index is 13.1. The van der Waals surface area contributed by atoms with Crippen molar-refractivity contribution in [1.29, 1.82) is 0 Å². The molecule has 2 unspecified atom stereocenters. The smallest absolute Gasteiger partial charge is 0.123 e. The molecule has 1 aliphatic carbocycles. The monoisotopic (exact) mass is 431 g/mol. The molecule has 5 rings (SSSR count). The van der Waals surface area contributed by atoms with Crippen LogP contribution in [0.2, 0.25) is 0 Å². The normalized spacial score (nSPS) is 22.6. The predicted octanol–water partition coefficient (Wildman–Crippen LogP) is 5.74. The van der Waals surface area contributed by atoms with Crippen molar-refractivity contribution in [2.45, 2.75) is 32.0 Å². The number of benzene rings is 3. The van der Waals surface area contributed by atoms with Gasteiger partial charge in [0.1, 0.15) is 23.9 Å². The largest absolute Gasteiger partial charge is 0.490 e. The van der Waals surface area contributed by atoms with Gasteiger partial charge >= 0.3 is 0 Å². The van der Waals surface area contributed by atoms with Crippen LogP contribution in [0.4, 0.5) is 4.39 Å². The molecule has 1 saturated carbocycles. The van der Waals surface area contributed by atoms with Gasteiger partial charge in [0.25, 0.3) is 0 Å². The molecule has 4 heteroatoms. The number of hydrogen-bond donors (Lipinski definition) is 0. The summed E-state index contributed by atoms with van der Waals surface area (Å²) >= 11 is 0. The third kappa shape index (κ3) is 5.31. The number of fused-ring (bicyclic) bond motifs is 1. The van der Waals surface area contributed by atoms with Crippen molar-refractivity contribution in [1.82, 2.24) is 4.90 Å². The predicted molar refractivity (Wildman–Crippen MR) is 124 cm³/mol. The first-order valence-corrected chi connectivity index (χ1v) is 11.6. The van der Waals surface area contributed by atoms with Gasteiger partial charge in [-0.05, 0) is 78.6 Å². The number of hydrogen-bond acceptors (Lipinski definition) is 3. The minimum atomic E-state index is -0.217. The van der Waals surface area contributed by atoms with Gasteiger partial charge in [-0.2, -0.15) is 0 Å². The van der Waals surface area contributed by atoms with Crippen molar-refractivity contribution >= 4 is 0 Å². The van der Waals surface area contributed by atoms with E-state index in [0.29, 0.717) is 18.4 Å². The van der Waals surface area contributed by atoms with Crippen LogP contribution < -0.4 is 9.47 Å². The van der Waals surface area contributed by atoms with E-state index in [1.807, 2.05) is 18.2 Å². The Balaban J connectivity index is 1.04. The van der Waals surface area contributed by atoms with Crippen LogP contribution in [0.5, 0.6) is 11.5 Å². The maximum Gasteiger partial charge on any atom is 0.123 e. The summed E-state index contributed by atoms with van der Waals surface area (Å²) in [6, 6.07) is 25.2. The molecule has 0 radical (unpaired) electrons. The molecule has 1 saturated heterocycles. The Bertz CT molecular complexity index is 976. The molecule has 0 bridgehead atoms.